The maximum atomic E-state index is 12.0. The summed E-state index contributed by atoms with van der Waals surface area (Å²) in [6.45, 7) is 1.99. The van der Waals surface area contributed by atoms with Crippen LogP contribution in [0.1, 0.15) is 27.6 Å². The van der Waals surface area contributed by atoms with Gasteiger partial charge in [0.1, 0.15) is 6.29 Å². The molecule has 2 aromatic carbocycles. The van der Waals surface area contributed by atoms with E-state index >= 15 is 0 Å². The molecular formula is C19H20N2O5. The van der Waals surface area contributed by atoms with Crippen molar-refractivity contribution in [1.82, 2.24) is 5.32 Å². The van der Waals surface area contributed by atoms with Gasteiger partial charge in [0.15, 0.2) is 18.1 Å². The summed E-state index contributed by atoms with van der Waals surface area (Å²) >= 11 is 0. The van der Waals surface area contributed by atoms with Crippen molar-refractivity contribution in [3.63, 3.8) is 0 Å². The fourth-order valence-corrected chi connectivity index (χ4v) is 2.18. The molecule has 7 nitrogen and oxygen atoms in total. The quantitative estimate of drug-likeness (QED) is 0.708. The Bertz CT molecular complexity index is 787. The number of carbonyl (C=O) groups excluding carboxylic acids is 3. The molecule has 0 aromatic heterocycles. The molecule has 0 aliphatic rings. The highest BCUT2D eigenvalue weighted by Gasteiger charge is 2.10. The van der Waals surface area contributed by atoms with Crippen LogP contribution >= 0.6 is 0 Å². The molecule has 2 rings (SSSR count). The highest BCUT2D eigenvalue weighted by Crippen LogP contribution is 2.28. The van der Waals surface area contributed by atoms with Crippen molar-refractivity contribution < 1.29 is 23.9 Å². The van der Waals surface area contributed by atoms with Crippen LogP contribution in [0.2, 0.25) is 0 Å². The molecule has 7 heteroatoms. The first kappa shape index (κ1) is 19.0. The first-order valence-corrected chi connectivity index (χ1v) is 8.04. The normalized spacial score (nSPS) is 9.92. The van der Waals surface area contributed by atoms with E-state index in [1.807, 2.05) is 6.92 Å². The van der Waals surface area contributed by atoms with Gasteiger partial charge >= 0.3 is 0 Å². The molecule has 0 aliphatic heterocycles. The maximum absolute atomic E-state index is 12.0. The van der Waals surface area contributed by atoms with Gasteiger partial charge in [0.05, 0.1) is 6.61 Å². The number of anilines is 1. The molecule has 136 valence electrons. The van der Waals surface area contributed by atoms with E-state index in [-0.39, 0.29) is 18.4 Å². The second-order valence-electron chi connectivity index (χ2n) is 5.25. The largest absolute Gasteiger partial charge is 0.490 e. The van der Waals surface area contributed by atoms with E-state index < -0.39 is 0 Å². The lowest BCUT2D eigenvalue weighted by Gasteiger charge is -2.12. The minimum absolute atomic E-state index is 0.201. The third kappa shape index (κ3) is 5.07. The Hall–Kier alpha value is -3.35. The van der Waals surface area contributed by atoms with Crippen molar-refractivity contribution in [3.05, 3.63) is 53.6 Å². The molecular weight excluding hydrogens is 336 g/mol. The van der Waals surface area contributed by atoms with Crippen LogP contribution < -0.4 is 20.1 Å². The number of aldehydes is 1. The van der Waals surface area contributed by atoms with Crippen molar-refractivity contribution in [3.8, 4) is 11.5 Å². The maximum Gasteiger partial charge on any atom is 0.262 e. The van der Waals surface area contributed by atoms with Gasteiger partial charge in [0.2, 0.25) is 0 Å². The highest BCUT2D eigenvalue weighted by molar-refractivity contribution is 5.95. The third-order valence-electron chi connectivity index (χ3n) is 3.42. The number of carbonyl (C=O) groups is 3. The molecule has 0 unspecified atom stereocenters. The highest BCUT2D eigenvalue weighted by atomic mass is 16.5. The summed E-state index contributed by atoms with van der Waals surface area (Å²) < 4.78 is 10.9. The molecule has 26 heavy (non-hydrogen) atoms. The lowest BCUT2D eigenvalue weighted by atomic mass is 10.2. The fraction of sp³-hybridized carbons (Fsp3) is 0.211. The number of ether oxygens (including phenoxy) is 2. The van der Waals surface area contributed by atoms with Crippen LogP contribution in [0.25, 0.3) is 0 Å². The monoisotopic (exact) mass is 356 g/mol. The van der Waals surface area contributed by atoms with Gasteiger partial charge in [-0.1, -0.05) is 0 Å². The number of rotatable bonds is 8. The van der Waals surface area contributed by atoms with Crippen molar-refractivity contribution in [1.29, 1.82) is 0 Å². The summed E-state index contributed by atoms with van der Waals surface area (Å²) in [5, 5.41) is 5.20. The van der Waals surface area contributed by atoms with Crippen molar-refractivity contribution in [2.75, 3.05) is 25.6 Å². The first-order valence-electron chi connectivity index (χ1n) is 8.04. The second kappa shape index (κ2) is 9.22. The average Bonchev–Trinajstić information content (AvgIpc) is 2.67. The Labute approximate surface area is 151 Å². The zero-order valence-corrected chi connectivity index (χ0v) is 14.6. The Morgan fingerprint density at radius 1 is 1.04 bits per heavy atom. The van der Waals surface area contributed by atoms with Gasteiger partial charge in [-0.3, -0.25) is 14.4 Å². The van der Waals surface area contributed by atoms with Crippen LogP contribution in [0.5, 0.6) is 11.5 Å². The number of nitrogens with one attached hydrogen (secondary N) is 2. The second-order valence-corrected chi connectivity index (χ2v) is 5.25. The fourth-order valence-electron chi connectivity index (χ4n) is 2.18. The molecule has 0 fully saturated rings. The Morgan fingerprint density at radius 3 is 2.38 bits per heavy atom. The molecule has 2 N–H and O–H groups in total. The molecule has 2 aromatic rings. The minimum Gasteiger partial charge on any atom is -0.490 e. The zero-order valence-electron chi connectivity index (χ0n) is 14.6. The predicted octanol–water partition coefficient (Wildman–Crippen LogP) is 2.27. The number of hydrogen-bond donors (Lipinski definition) is 2. The number of amides is 2. The van der Waals surface area contributed by atoms with Crippen molar-refractivity contribution >= 4 is 23.8 Å². The lowest BCUT2D eigenvalue weighted by molar-refractivity contribution is -0.118. The van der Waals surface area contributed by atoms with Crippen LogP contribution in [0.15, 0.2) is 42.5 Å². The Kier molecular flexibility index (Phi) is 6.73. The number of benzene rings is 2. The van der Waals surface area contributed by atoms with Crippen LogP contribution in [0.3, 0.4) is 0 Å². The summed E-state index contributed by atoms with van der Waals surface area (Å²) in [4.78, 5) is 34.4. The molecule has 0 radical (unpaired) electrons. The molecule has 0 atom stereocenters. The van der Waals surface area contributed by atoms with Gasteiger partial charge in [-0.25, -0.2) is 0 Å². The van der Waals surface area contributed by atoms with E-state index in [0.717, 1.165) is 0 Å². The molecule has 0 spiro atoms. The Morgan fingerprint density at radius 2 is 1.77 bits per heavy atom. The van der Waals surface area contributed by atoms with Crippen molar-refractivity contribution in [2.24, 2.45) is 0 Å². The molecule has 0 saturated heterocycles. The summed E-state index contributed by atoms with van der Waals surface area (Å²) in [5.74, 6) is 0.218. The van der Waals surface area contributed by atoms with Gasteiger partial charge in [-0.2, -0.15) is 0 Å². The molecule has 2 amide bonds. The molecule has 0 aliphatic carbocycles. The molecule has 0 bridgehead atoms. The SMILES string of the molecule is CCOc1cc(C=O)ccc1OCC(=O)Nc1ccc(C(=O)NC)cc1. The van der Waals surface area contributed by atoms with Crippen LogP contribution in [-0.2, 0) is 4.79 Å². The third-order valence-corrected chi connectivity index (χ3v) is 3.42. The van der Waals surface area contributed by atoms with Gasteiger partial charge in [-0.15, -0.1) is 0 Å². The van der Waals surface area contributed by atoms with E-state index in [2.05, 4.69) is 10.6 Å². The topological polar surface area (TPSA) is 93.7 Å². The van der Waals surface area contributed by atoms with Gasteiger partial charge in [0, 0.05) is 23.9 Å². The molecule has 0 heterocycles. The summed E-state index contributed by atoms with van der Waals surface area (Å²) in [5.41, 5.74) is 1.51. The minimum atomic E-state index is -0.361. The van der Waals surface area contributed by atoms with Crippen LogP contribution in [0, 0.1) is 0 Å². The van der Waals surface area contributed by atoms with Crippen LogP contribution in [-0.4, -0.2) is 38.4 Å². The summed E-state index contributed by atoms with van der Waals surface area (Å²) in [6, 6.07) is 11.2. The predicted molar refractivity (Wildman–Crippen MR) is 97.0 cm³/mol. The molecule has 0 saturated carbocycles. The average molecular weight is 356 g/mol. The standard InChI is InChI=1S/C19H20N2O5/c1-3-25-17-10-13(11-22)4-9-16(17)26-12-18(23)21-15-7-5-14(6-8-15)19(24)20-2/h4-11H,3,12H2,1-2H3,(H,20,24)(H,21,23). The van der Waals surface area contributed by atoms with Gasteiger partial charge in [-0.05, 0) is 49.4 Å². The summed E-state index contributed by atoms with van der Waals surface area (Å²) in [7, 11) is 1.55. The lowest BCUT2D eigenvalue weighted by Crippen LogP contribution is -2.21. The summed E-state index contributed by atoms with van der Waals surface area (Å²) in [6.07, 6.45) is 0.710. The van der Waals surface area contributed by atoms with E-state index in [9.17, 15) is 14.4 Å². The van der Waals surface area contributed by atoms with E-state index in [1.165, 1.54) is 0 Å². The smallest absolute Gasteiger partial charge is 0.262 e. The van der Waals surface area contributed by atoms with E-state index in [0.29, 0.717) is 41.2 Å². The zero-order chi connectivity index (χ0) is 18.9. The Balaban J connectivity index is 1.96. The van der Waals surface area contributed by atoms with Gasteiger partial charge in [0.25, 0.3) is 11.8 Å². The first-order chi connectivity index (χ1) is 12.6. The van der Waals surface area contributed by atoms with E-state index in [4.69, 9.17) is 9.47 Å². The van der Waals surface area contributed by atoms with Crippen molar-refractivity contribution in [2.45, 2.75) is 6.92 Å². The van der Waals surface area contributed by atoms with Gasteiger partial charge < -0.3 is 20.1 Å². The van der Waals surface area contributed by atoms with Crippen LogP contribution in [0.4, 0.5) is 5.69 Å². The number of hydrogen-bond acceptors (Lipinski definition) is 5. The van der Waals surface area contributed by atoms with E-state index in [1.54, 1.807) is 49.5 Å².